The van der Waals surface area contributed by atoms with Gasteiger partial charge in [-0.3, -0.25) is 32.7 Å². The molecule has 0 radical (unpaired) electrons. The average molecular weight is 2070 g/mol. The molecule has 748 valence electrons. The molecule has 5 fully saturated rings. The summed E-state index contributed by atoms with van der Waals surface area (Å²) in [6.07, 6.45) is -2.83. The fraction of sp³-hybridized carbons (Fsp3) is 0.272. The summed E-state index contributed by atoms with van der Waals surface area (Å²) >= 11 is 1.19. The molecule has 33 heteroatoms. The highest BCUT2D eigenvalue weighted by molar-refractivity contribution is 8.00. The molecule has 5 aliphatic rings. The summed E-state index contributed by atoms with van der Waals surface area (Å²) in [5.41, 5.74) is 6.11. The minimum absolute atomic E-state index is 0.0125. The van der Waals surface area contributed by atoms with Gasteiger partial charge in [-0.1, -0.05) is 231 Å². The molecule has 2 aromatic heterocycles. The molecule has 17 aromatic carbocycles. The third-order valence-corrected chi connectivity index (χ3v) is 35.3. The van der Waals surface area contributed by atoms with Crippen molar-refractivity contribution in [3.63, 3.8) is 0 Å². The predicted molar refractivity (Wildman–Crippen MR) is 552 cm³/mol. The Kier molecular flexibility index (Phi) is 26.6. The highest BCUT2D eigenvalue weighted by atomic mass is 32.2. The lowest BCUT2D eigenvalue weighted by molar-refractivity contribution is -0.688. The minimum atomic E-state index is -5.75. The number of carbonyl (C=O) groups excluding carboxylic acids is 3. The minimum Gasteiger partial charge on any atom is -0.756 e. The van der Waals surface area contributed by atoms with Crippen LogP contribution in [-0.2, 0) is 101 Å². The summed E-state index contributed by atoms with van der Waals surface area (Å²) in [4.78, 5) is 101. The number of aromatic nitrogens is 2. The van der Waals surface area contributed by atoms with E-state index in [2.05, 4.69) is 34.9 Å². The summed E-state index contributed by atoms with van der Waals surface area (Å²) < 4.78 is 143. The Morgan fingerprint density at radius 2 is 0.714 bits per heavy atom. The second kappa shape index (κ2) is 40.0. The Bertz CT molecular complexity index is 8420. The molecule has 0 saturated carbocycles. The monoisotopic (exact) mass is 2070 g/mol. The number of aliphatic hydroxyl groups is 1. The first-order valence-electron chi connectivity index (χ1n) is 49.3. The zero-order valence-corrected chi connectivity index (χ0v) is 83.9. The first-order valence-corrected chi connectivity index (χ1v) is 56.2. The lowest BCUT2D eigenvalue weighted by Gasteiger charge is -2.35. The summed E-state index contributed by atoms with van der Waals surface area (Å²) in [6.45, 7) is -3.58. The maximum Gasteiger partial charge on any atom is 0.338 e. The van der Waals surface area contributed by atoms with Crippen LogP contribution in [0, 0.1) is 0 Å². The van der Waals surface area contributed by atoms with Gasteiger partial charge in [-0.05, 0) is 200 Å². The topological polar surface area (TPSA) is 363 Å². The maximum absolute atomic E-state index is 15.3. The van der Waals surface area contributed by atoms with E-state index in [1.165, 1.54) is 16.7 Å². The van der Waals surface area contributed by atoms with E-state index < -0.39 is 148 Å². The second-order valence-corrected chi connectivity index (χ2v) is 45.5. The largest absolute Gasteiger partial charge is 0.756 e. The number of phosphoric acid groups is 4. The normalized spacial score (nSPS) is 23.3. The Hall–Kier alpha value is -11.6. The number of amides is 2. The lowest BCUT2D eigenvalue weighted by Crippen LogP contribution is -2.37. The molecule has 17 atom stereocenters. The number of hydrogen-bond donors (Lipinski definition) is 1. The van der Waals surface area contributed by atoms with Crippen LogP contribution in [0.15, 0.2) is 292 Å². The Morgan fingerprint density at radius 3 is 1.08 bits per heavy atom. The zero-order chi connectivity index (χ0) is 100. The number of thioether (sulfide) groups is 1. The van der Waals surface area contributed by atoms with Crippen molar-refractivity contribution in [1.82, 2.24) is 4.90 Å². The van der Waals surface area contributed by atoms with E-state index in [9.17, 15) is 38.4 Å². The molecule has 28 nitrogen and oxygen atoms in total. The van der Waals surface area contributed by atoms with Crippen LogP contribution in [-0.4, -0.2) is 160 Å². The van der Waals surface area contributed by atoms with Crippen molar-refractivity contribution in [3.8, 4) is 11.1 Å². The van der Waals surface area contributed by atoms with E-state index in [1.54, 1.807) is 12.1 Å². The quantitative estimate of drug-likeness (QED) is 0.00943. The number of esters is 1. The highest BCUT2D eigenvalue weighted by Crippen LogP contribution is 2.57. The molecule has 0 spiro atoms. The van der Waals surface area contributed by atoms with Crippen LogP contribution in [0.2, 0.25) is 0 Å². The van der Waals surface area contributed by atoms with E-state index >= 15 is 18.9 Å². The van der Waals surface area contributed by atoms with Gasteiger partial charge >= 0.3 is 5.97 Å². The molecule has 147 heavy (non-hydrogen) atoms. The first-order chi connectivity index (χ1) is 71.4. The Balaban J connectivity index is 0.462. The van der Waals surface area contributed by atoms with Crippen LogP contribution >= 0.6 is 43.1 Å². The number of hydrogen-bond acceptors (Lipinski definition) is 26. The lowest BCUT2D eigenvalue weighted by atomic mass is 9.86. The summed E-state index contributed by atoms with van der Waals surface area (Å²) in [5.74, 6) is -4.65. The van der Waals surface area contributed by atoms with Crippen LogP contribution in [0.5, 0.6) is 0 Å². The van der Waals surface area contributed by atoms with Crippen LogP contribution in [0.3, 0.4) is 0 Å². The van der Waals surface area contributed by atoms with E-state index in [1.807, 2.05) is 261 Å². The molecule has 5 saturated heterocycles. The number of benzene rings is 17. The number of aliphatic hydroxyl groups excluding tert-OH is 1. The van der Waals surface area contributed by atoms with Gasteiger partial charge in [0.05, 0.1) is 76.9 Å². The molecule has 12 unspecified atom stereocenters. The molecular formula is C114H99N3O25P4S-2. The number of aryl methyl sites for hydroxylation is 1. The third-order valence-electron chi connectivity index (χ3n) is 30.1. The summed E-state index contributed by atoms with van der Waals surface area (Å²) in [7, 11) is -20.4. The van der Waals surface area contributed by atoms with Gasteiger partial charge < -0.3 is 84.6 Å². The van der Waals surface area contributed by atoms with Crippen molar-refractivity contribution >= 4 is 190 Å². The van der Waals surface area contributed by atoms with E-state index in [0.29, 0.717) is 47.0 Å². The molecule has 0 bridgehead atoms. The molecule has 24 rings (SSSR count). The van der Waals surface area contributed by atoms with E-state index in [0.717, 1.165) is 146 Å². The van der Waals surface area contributed by atoms with Crippen molar-refractivity contribution in [1.29, 1.82) is 0 Å². The standard InChI is InChI=1S/C114H101N3O25P4S/c1-115-50-45-68(46-51-115)69-47-52-116(53-48-69)58-67-17-19-82(20-18-67)114(121)130-54-3-2-49-117-100(119)57-99(113(117)120)147-56-8-55-135-143(122,123)140-110-92(84-38-30-79-26-22-71-10-5-14-75-34-42-88(84)106(79)102(71)75)61-132-96(110)64-137-145(126,127)142-112-94(86-40-32-81-28-24-73-12-7-16-77-36-44-90(86)108(81)104(73)77)63-134-98(112)66-138-146(128,129)141-111-93(85-39-31-80-27-23-72-11-6-15-76-35-43-89(85)107(80)103(72)76)62-133-97(111)65-136-144(124,125)139-109-91(60-131-95(109)59-118)83-37-29-78-25-21-70-9-4-13-74-33-41-87(83)105(78)101(70)74/h4-7,9-48,50-53,91-99,109-112,118H,2-3,8,49,54-66H2,1H3,(H2-2,122,123,124,125,126,127,128,129)/p-2/t91-,92-,93-,94-,95-,96?,97?,98?,99?,109?,110?,111?,112?/m1/s1. The molecule has 19 aromatic rings. The van der Waals surface area contributed by atoms with Gasteiger partial charge in [-0.15, -0.1) is 11.8 Å². The van der Waals surface area contributed by atoms with E-state index in [4.69, 9.17) is 59.9 Å². The van der Waals surface area contributed by atoms with Crippen LogP contribution in [0.4, 0.5) is 0 Å². The van der Waals surface area contributed by atoms with Crippen LogP contribution in [0.25, 0.3) is 140 Å². The van der Waals surface area contributed by atoms with Crippen molar-refractivity contribution < 1.29 is 126 Å². The van der Waals surface area contributed by atoms with Gasteiger partial charge in [0, 0.05) is 66.5 Å². The van der Waals surface area contributed by atoms with Gasteiger partial charge in [0.15, 0.2) is 31.3 Å². The number of phosphoric ester groups is 4. The Labute approximate surface area is 847 Å². The third kappa shape index (κ3) is 19.1. The molecule has 2 amide bonds. The van der Waals surface area contributed by atoms with Gasteiger partial charge in [0.25, 0.3) is 31.3 Å². The molecule has 5 aliphatic heterocycles. The van der Waals surface area contributed by atoms with Gasteiger partial charge in [-0.25, -0.2) is 13.9 Å². The highest BCUT2D eigenvalue weighted by Gasteiger charge is 2.50. The fourth-order valence-electron chi connectivity index (χ4n) is 23.0. The number of pyridine rings is 2. The van der Waals surface area contributed by atoms with E-state index in [-0.39, 0.29) is 70.0 Å². The second-order valence-electron chi connectivity index (χ2n) is 38.8. The van der Waals surface area contributed by atoms with Crippen LogP contribution < -0.4 is 28.7 Å². The van der Waals surface area contributed by atoms with Gasteiger partial charge in [0.1, 0.15) is 55.9 Å². The molecule has 0 aliphatic carbocycles. The van der Waals surface area contributed by atoms with Gasteiger partial charge in [-0.2, -0.15) is 0 Å². The summed E-state index contributed by atoms with van der Waals surface area (Å²) in [5, 5.41) is 32.1. The smallest absolute Gasteiger partial charge is 0.338 e. The number of carbonyl (C=O) groups is 3. The van der Waals surface area contributed by atoms with Crippen molar-refractivity contribution in [3.05, 3.63) is 325 Å². The summed E-state index contributed by atoms with van der Waals surface area (Å²) in [6, 6.07) is 86.4. The Morgan fingerprint density at radius 1 is 0.388 bits per heavy atom. The first kappa shape index (κ1) is 97.5. The average Bonchev–Trinajstić information content (AvgIpc) is 1.73. The van der Waals surface area contributed by atoms with Crippen molar-refractivity contribution in [2.24, 2.45) is 7.05 Å². The number of nitrogens with zero attached hydrogens (tertiary/aromatic N) is 3. The number of ether oxygens (including phenoxy) is 5. The molecular weight excluding hydrogens is 1970 g/mol. The van der Waals surface area contributed by atoms with Crippen LogP contribution in [0.1, 0.15) is 87.5 Å². The number of rotatable bonds is 37. The molecule has 1 N–H and O–H groups in total. The molecule has 7 heterocycles. The predicted octanol–water partition coefficient (Wildman–Crippen LogP) is 18.5. The van der Waals surface area contributed by atoms with Gasteiger partial charge in [0.2, 0.25) is 11.8 Å². The number of unbranched alkanes of at least 4 members (excludes halogenated alkanes) is 1. The fourth-order valence-corrected chi connectivity index (χ4v) is 28.0. The number of likely N-dealkylation sites (tertiary alicyclic amines) is 1. The van der Waals surface area contributed by atoms with Crippen molar-refractivity contribution in [2.75, 3.05) is 78.4 Å². The maximum atomic E-state index is 15.3. The number of imide groups is 1. The van der Waals surface area contributed by atoms with Crippen molar-refractivity contribution in [2.45, 2.75) is 110 Å². The SMILES string of the molecule is C[n+]1ccc(-c2cc[n+](Cc3ccc(C(=O)OCCCCN4C(=O)CC(SCCCOP(=O)([O-])OC5C(COP(=O)([O-])OC6C(COP(=O)([O-])OC7C(COP(=O)([O-])OC8[C@@H](c9ccc%10ccc%11cccc%12ccc9c%10c%11%12)CO[C@@H]8CO)OC[C@@H]7c7ccc8ccc9cccc%10ccc7c8c9%10)OC[C@@H]6c6ccc7ccc8cccc9ccc6c7c89)OC[C@@H]5c5ccc6ccc7cccc8ccc5c6c78)C4=O)cc3)cc2)cc1. The zero-order valence-electron chi connectivity index (χ0n) is 79.5.